The molecular formula is C20H19NO3S2. The summed E-state index contributed by atoms with van der Waals surface area (Å²) in [6.07, 6.45) is 1.27. The zero-order chi connectivity index (χ0) is 18.3. The first kappa shape index (κ1) is 17.2. The lowest BCUT2D eigenvalue weighted by Crippen LogP contribution is -2.35. The number of ether oxygens (including phenoxy) is 1. The van der Waals surface area contributed by atoms with Crippen LogP contribution in [-0.2, 0) is 14.3 Å². The van der Waals surface area contributed by atoms with E-state index in [1.807, 2.05) is 35.2 Å². The Bertz CT molecular complexity index is 907. The normalized spacial score (nSPS) is 22.9. The Hall–Kier alpha value is -2.18. The van der Waals surface area contributed by atoms with Crippen molar-refractivity contribution >= 4 is 34.4 Å². The Morgan fingerprint density at radius 3 is 2.77 bits per heavy atom. The SMILES string of the molecule is COC(=O)C1=C(C)NC2=C(C(=O)C[C@@H](c3cccs3)C2)[C@H]1c1ccsc1. The van der Waals surface area contributed by atoms with Gasteiger partial charge in [0.25, 0.3) is 0 Å². The monoisotopic (exact) mass is 385 g/mol. The first-order chi connectivity index (χ1) is 12.6. The van der Waals surface area contributed by atoms with Crippen LogP contribution in [0.5, 0.6) is 0 Å². The van der Waals surface area contributed by atoms with Gasteiger partial charge in [-0.2, -0.15) is 11.3 Å². The van der Waals surface area contributed by atoms with Crippen LogP contribution in [0.15, 0.2) is 56.9 Å². The molecular weight excluding hydrogens is 366 g/mol. The predicted octanol–water partition coefficient (Wildman–Crippen LogP) is 4.34. The molecule has 0 saturated heterocycles. The maximum absolute atomic E-state index is 13.1. The minimum atomic E-state index is -0.383. The number of allylic oxidation sites excluding steroid dienone is 3. The van der Waals surface area contributed by atoms with Crippen LogP contribution in [0.2, 0.25) is 0 Å². The maximum Gasteiger partial charge on any atom is 0.336 e. The number of dihydropyridines is 1. The number of esters is 1. The van der Waals surface area contributed by atoms with Crippen molar-refractivity contribution in [2.24, 2.45) is 0 Å². The number of hydrogen-bond donors (Lipinski definition) is 1. The summed E-state index contributed by atoms with van der Waals surface area (Å²) in [5, 5.41) is 9.38. The van der Waals surface area contributed by atoms with E-state index in [0.717, 1.165) is 29.0 Å². The van der Waals surface area contributed by atoms with Crippen LogP contribution in [0.1, 0.15) is 42.0 Å². The number of ketones is 1. The van der Waals surface area contributed by atoms with Crippen molar-refractivity contribution in [3.05, 3.63) is 67.3 Å². The fourth-order valence-corrected chi connectivity index (χ4v) is 5.43. The second kappa shape index (κ2) is 6.85. The van der Waals surface area contributed by atoms with E-state index in [0.29, 0.717) is 12.0 Å². The van der Waals surface area contributed by atoms with Crippen LogP contribution in [0.3, 0.4) is 0 Å². The van der Waals surface area contributed by atoms with E-state index in [4.69, 9.17) is 4.74 Å². The zero-order valence-electron chi connectivity index (χ0n) is 14.6. The molecule has 26 heavy (non-hydrogen) atoms. The minimum absolute atomic E-state index is 0.113. The number of Topliss-reactive ketones (excluding diaryl/α,β-unsaturated/α-hetero) is 1. The highest BCUT2D eigenvalue weighted by Crippen LogP contribution is 2.46. The van der Waals surface area contributed by atoms with E-state index in [9.17, 15) is 9.59 Å². The molecule has 0 saturated carbocycles. The van der Waals surface area contributed by atoms with E-state index in [-0.39, 0.29) is 23.6 Å². The molecule has 4 rings (SSSR count). The van der Waals surface area contributed by atoms with Gasteiger partial charge in [-0.1, -0.05) is 6.07 Å². The second-order valence-electron chi connectivity index (χ2n) is 6.58. The molecule has 0 unspecified atom stereocenters. The Morgan fingerprint density at radius 1 is 1.27 bits per heavy atom. The van der Waals surface area contributed by atoms with Crippen molar-refractivity contribution in [3.8, 4) is 0 Å². The highest BCUT2D eigenvalue weighted by atomic mass is 32.1. The number of carbonyl (C=O) groups excluding carboxylic acids is 2. The predicted molar refractivity (Wildman–Crippen MR) is 103 cm³/mol. The molecule has 1 aliphatic carbocycles. The third-order valence-electron chi connectivity index (χ3n) is 5.05. The lowest BCUT2D eigenvalue weighted by molar-refractivity contribution is -0.136. The van der Waals surface area contributed by atoms with Crippen LogP contribution < -0.4 is 5.32 Å². The molecule has 4 nitrogen and oxygen atoms in total. The number of rotatable bonds is 3. The molecule has 1 N–H and O–H groups in total. The summed E-state index contributed by atoms with van der Waals surface area (Å²) in [7, 11) is 1.38. The summed E-state index contributed by atoms with van der Waals surface area (Å²) in [4.78, 5) is 26.8. The molecule has 134 valence electrons. The summed E-state index contributed by atoms with van der Waals surface area (Å²) in [5.41, 5.74) is 3.95. The molecule has 0 fully saturated rings. The molecule has 2 aliphatic rings. The molecule has 0 bridgehead atoms. The molecule has 2 aromatic rings. The van der Waals surface area contributed by atoms with Crippen LogP contribution in [0.25, 0.3) is 0 Å². The summed E-state index contributed by atoms with van der Waals surface area (Å²) in [6.45, 7) is 1.88. The van der Waals surface area contributed by atoms with Crippen LogP contribution >= 0.6 is 22.7 Å². The van der Waals surface area contributed by atoms with Gasteiger partial charge in [-0.05, 0) is 47.2 Å². The van der Waals surface area contributed by atoms with E-state index in [1.165, 1.54) is 12.0 Å². The largest absolute Gasteiger partial charge is 0.466 e. The van der Waals surface area contributed by atoms with Gasteiger partial charge in [0.15, 0.2) is 5.78 Å². The van der Waals surface area contributed by atoms with Gasteiger partial charge < -0.3 is 10.1 Å². The molecule has 3 heterocycles. The van der Waals surface area contributed by atoms with Gasteiger partial charge in [0, 0.05) is 40.1 Å². The standard InChI is InChI=1S/C20H19NO3S2/c1-11-17(20(23)24-2)18(12-5-7-25-10-12)19-14(21-11)8-13(9-15(19)22)16-4-3-6-26-16/h3-7,10,13,18,21H,8-9H2,1-2H3/t13-,18-/m0/s1. The lowest BCUT2D eigenvalue weighted by Gasteiger charge is -2.36. The van der Waals surface area contributed by atoms with E-state index < -0.39 is 0 Å². The van der Waals surface area contributed by atoms with Gasteiger partial charge in [-0.25, -0.2) is 4.79 Å². The van der Waals surface area contributed by atoms with Crippen molar-refractivity contribution in [3.63, 3.8) is 0 Å². The smallest absolute Gasteiger partial charge is 0.336 e. The number of methoxy groups -OCH3 is 1. The highest BCUT2D eigenvalue weighted by molar-refractivity contribution is 7.10. The third-order valence-corrected chi connectivity index (χ3v) is 6.79. The van der Waals surface area contributed by atoms with Crippen molar-refractivity contribution in [2.75, 3.05) is 7.11 Å². The van der Waals surface area contributed by atoms with Gasteiger partial charge in [0.2, 0.25) is 0 Å². The Kier molecular flexibility index (Phi) is 4.54. The Labute approximate surface area is 160 Å². The molecule has 0 aromatic carbocycles. The van der Waals surface area contributed by atoms with Crippen molar-refractivity contribution < 1.29 is 14.3 Å². The van der Waals surface area contributed by atoms with Gasteiger partial charge in [0.1, 0.15) is 0 Å². The van der Waals surface area contributed by atoms with Crippen LogP contribution in [0, 0.1) is 0 Å². The number of carbonyl (C=O) groups is 2. The summed E-state index contributed by atoms with van der Waals surface area (Å²) < 4.78 is 5.02. The third kappa shape index (κ3) is 2.83. The van der Waals surface area contributed by atoms with Crippen molar-refractivity contribution in [1.29, 1.82) is 0 Å². The average Bonchev–Trinajstić information content (AvgIpc) is 3.33. The molecule has 2 aromatic heterocycles. The molecule has 2 atom stereocenters. The van der Waals surface area contributed by atoms with E-state index in [1.54, 1.807) is 22.7 Å². The summed E-state index contributed by atoms with van der Waals surface area (Å²) in [5.74, 6) is -0.417. The fourth-order valence-electron chi connectivity index (χ4n) is 3.92. The Balaban J connectivity index is 1.80. The highest BCUT2D eigenvalue weighted by Gasteiger charge is 2.41. The van der Waals surface area contributed by atoms with Crippen LogP contribution in [0.4, 0.5) is 0 Å². The molecule has 0 amide bonds. The zero-order valence-corrected chi connectivity index (χ0v) is 16.2. The van der Waals surface area contributed by atoms with E-state index >= 15 is 0 Å². The van der Waals surface area contributed by atoms with Crippen molar-refractivity contribution in [1.82, 2.24) is 5.32 Å². The maximum atomic E-state index is 13.1. The summed E-state index contributed by atoms with van der Waals surface area (Å²) in [6, 6.07) is 6.10. The minimum Gasteiger partial charge on any atom is -0.466 e. The molecule has 6 heteroatoms. The first-order valence-electron chi connectivity index (χ1n) is 8.48. The first-order valence-corrected chi connectivity index (χ1v) is 10.3. The molecule has 0 spiro atoms. The van der Waals surface area contributed by atoms with Gasteiger partial charge in [-0.3, -0.25) is 4.79 Å². The average molecular weight is 386 g/mol. The summed E-state index contributed by atoms with van der Waals surface area (Å²) >= 11 is 3.26. The van der Waals surface area contributed by atoms with Gasteiger partial charge in [-0.15, -0.1) is 11.3 Å². The number of hydrogen-bond acceptors (Lipinski definition) is 6. The number of nitrogens with one attached hydrogen (secondary N) is 1. The van der Waals surface area contributed by atoms with Crippen LogP contribution in [-0.4, -0.2) is 18.9 Å². The van der Waals surface area contributed by atoms with Gasteiger partial charge >= 0.3 is 5.97 Å². The quantitative estimate of drug-likeness (QED) is 0.799. The Morgan fingerprint density at radius 2 is 2.12 bits per heavy atom. The molecule has 0 radical (unpaired) electrons. The molecule has 1 aliphatic heterocycles. The second-order valence-corrected chi connectivity index (χ2v) is 8.34. The van der Waals surface area contributed by atoms with Gasteiger partial charge in [0.05, 0.1) is 12.7 Å². The number of thiophene rings is 2. The fraction of sp³-hybridized carbons (Fsp3) is 0.300. The lowest BCUT2D eigenvalue weighted by atomic mass is 9.73. The van der Waals surface area contributed by atoms with Crippen molar-refractivity contribution in [2.45, 2.75) is 31.6 Å². The topological polar surface area (TPSA) is 55.4 Å². The van der Waals surface area contributed by atoms with E-state index in [2.05, 4.69) is 11.4 Å².